The summed E-state index contributed by atoms with van der Waals surface area (Å²) in [7, 11) is 1.30. The molecule has 1 aromatic rings. The Hall–Kier alpha value is -0.930. The van der Waals surface area contributed by atoms with Crippen molar-refractivity contribution in [1.29, 1.82) is 0 Å². The van der Waals surface area contributed by atoms with E-state index in [1.807, 2.05) is 0 Å². The summed E-state index contributed by atoms with van der Waals surface area (Å²) in [4.78, 5) is 10.8. The Morgan fingerprint density at radius 1 is 1.47 bits per heavy atom. The molecular weight excluding hydrogens is 239 g/mol. The largest absolute Gasteiger partial charge is 0.482 e. The monoisotopic (exact) mass is 248 g/mol. The summed E-state index contributed by atoms with van der Waals surface area (Å²) in [5, 5.41) is 0.580. The van der Waals surface area contributed by atoms with Crippen LogP contribution < -0.4 is 4.74 Å². The van der Waals surface area contributed by atoms with E-state index in [1.165, 1.54) is 7.11 Å². The molecular formula is C10H10Cl2O3. The van der Waals surface area contributed by atoms with Crippen molar-refractivity contribution in [3.05, 3.63) is 28.8 Å². The zero-order valence-electron chi connectivity index (χ0n) is 8.13. The number of benzene rings is 1. The molecule has 0 spiro atoms. The normalized spacial score (nSPS) is 9.80. The third kappa shape index (κ3) is 3.61. The van der Waals surface area contributed by atoms with Crippen molar-refractivity contribution >= 4 is 29.2 Å². The van der Waals surface area contributed by atoms with E-state index in [4.69, 9.17) is 27.9 Å². The SMILES string of the molecule is COC(=O)COc1ccc(Cl)cc1CCl. The van der Waals surface area contributed by atoms with Crippen LogP contribution in [0.4, 0.5) is 0 Å². The third-order valence-electron chi connectivity index (χ3n) is 1.74. The van der Waals surface area contributed by atoms with Gasteiger partial charge in [0.1, 0.15) is 5.75 Å². The Bertz CT molecular complexity index is 353. The summed E-state index contributed by atoms with van der Waals surface area (Å²) >= 11 is 11.5. The molecule has 1 rings (SSSR count). The highest BCUT2D eigenvalue weighted by Gasteiger charge is 2.06. The number of carbonyl (C=O) groups is 1. The summed E-state index contributed by atoms with van der Waals surface area (Å²) in [5.74, 6) is 0.377. The van der Waals surface area contributed by atoms with Crippen LogP contribution in [0.5, 0.6) is 5.75 Å². The number of methoxy groups -OCH3 is 1. The fourth-order valence-electron chi connectivity index (χ4n) is 0.989. The molecule has 82 valence electrons. The van der Waals surface area contributed by atoms with E-state index in [1.54, 1.807) is 18.2 Å². The van der Waals surface area contributed by atoms with Crippen molar-refractivity contribution in [2.24, 2.45) is 0 Å². The fraction of sp³-hybridized carbons (Fsp3) is 0.300. The summed E-state index contributed by atoms with van der Waals surface area (Å²) in [6, 6.07) is 5.04. The fourth-order valence-corrected chi connectivity index (χ4v) is 1.39. The van der Waals surface area contributed by atoms with Gasteiger partial charge in [0.25, 0.3) is 0 Å². The number of carbonyl (C=O) groups excluding carboxylic acids is 1. The van der Waals surface area contributed by atoms with Gasteiger partial charge in [0, 0.05) is 10.6 Å². The first-order valence-corrected chi connectivity index (χ1v) is 5.12. The Morgan fingerprint density at radius 2 is 2.20 bits per heavy atom. The van der Waals surface area contributed by atoms with Gasteiger partial charge in [-0.3, -0.25) is 0 Å². The molecule has 15 heavy (non-hydrogen) atoms. The molecule has 0 fully saturated rings. The van der Waals surface area contributed by atoms with Gasteiger partial charge >= 0.3 is 5.97 Å². The van der Waals surface area contributed by atoms with Crippen molar-refractivity contribution in [1.82, 2.24) is 0 Å². The lowest BCUT2D eigenvalue weighted by Gasteiger charge is -2.08. The molecule has 5 heteroatoms. The molecule has 0 bridgehead atoms. The first kappa shape index (κ1) is 12.1. The van der Waals surface area contributed by atoms with Gasteiger partial charge in [-0.1, -0.05) is 11.6 Å². The molecule has 0 aromatic heterocycles. The van der Waals surface area contributed by atoms with Crippen molar-refractivity contribution in [2.75, 3.05) is 13.7 Å². The highest BCUT2D eigenvalue weighted by Crippen LogP contribution is 2.24. The van der Waals surface area contributed by atoms with Crippen LogP contribution in [0.1, 0.15) is 5.56 Å². The van der Waals surface area contributed by atoms with Crippen LogP contribution in [0.3, 0.4) is 0 Å². The minimum Gasteiger partial charge on any atom is -0.482 e. The first-order valence-electron chi connectivity index (χ1n) is 4.21. The molecule has 0 heterocycles. The van der Waals surface area contributed by atoms with Crippen LogP contribution in [0, 0.1) is 0 Å². The molecule has 0 aliphatic rings. The average Bonchev–Trinajstić information content (AvgIpc) is 2.26. The van der Waals surface area contributed by atoms with E-state index in [2.05, 4.69) is 4.74 Å². The van der Waals surface area contributed by atoms with E-state index in [-0.39, 0.29) is 12.5 Å². The molecule has 0 unspecified atom stereocenters. The lowest BCUT2D eigenvalue weighted by atomic mass is 10.2. The minimum absolute atomic E-state index is 0.137. The summed E-state index contributed by atoms with van der Waals surface area (Å²) < 4.78 is 9.66. The van der Waals surface area contributed by atoms with Gasteiger partial charge in [-0.25, -0.2) is 4.79 Å². The third-order valence-corrected chi connectivity index (χ3v) is 2.26. The van der Waals surface area contributed by atoms with Crippen molar-refractivity contribution in [3.63, 3.8) is 0 Å². The van der Waals surface area contributed by atoms with Gasteiger partial charge in [-0.15, -0.1) is 11.6 Å². The van der Waals surface area contributed by atoms with Crippen LogP contribution in [0.2, 0.25) is 5.02 Å². The second-order valence-corrected chi connectivity index (χ2v) is 3.45. The Labute approximate surface area is 97.9 Å². The maximum Gasteiger partial charge on any atom is 0.343 e. The standard InChI is InChI=1S/C10H10Cl2O3/c1-14-10(13)6-15-9-3-2-8(12)4-7(9)5-11/h2-4H,5-6H2,1H3. The number of hydrogen-bond donors (Lipinski definition) is 0. The van der Waals surface area contributed by atoms with Crippen molar-refractivity contribution in [2.45, 2.75) is 5.88 Å². The Balaban J connectivity index is 2.72. The molecule has 0 saturated carbocycles. The zero-order chi connectivity index (χ0) is 11.3. The van der Waals surface area contributed by atoms with Crippen LogP contribution in [0.25, 0.3) is 0 Å². The molecule has 0 aliphatic heterocycles. The Morgan fingerprint density at radius 3 is 2.80 bits per heavy atom. The van der Waals surface area contributed by atoms with E-state index in [0.29, 0.717) is 10.8 Å². The van der Waals surface area contributed by atoms with Crippen molar-refractivity contribution < 1.29 is 14.3 Å². The van der Waals surface area contributed by atoms with Crippen molar-refractivity contribution in [3.8, 4) is 5.75 Å². The average molecular weight is 249 g/mol. The number of rotatable bonds is 4. The van der Waals surface area contributed by atoms with Gasteiger partial charge in [0.2, 0.25) is 0 Å². The summed E-state index contributed by atoms with van der Waals surface area (Å²) in [5.41, 5.74) is 0.744. The van der Waals surface area contributed by atoms with Gasteiger partial charge in [0.15, 0.2) is 6.61 Å². The Kier molecular flexibility index (Phi) is 4.72. The van der Waals surface area contributed by atoms with E-state index >= 15 is 0 Å². The molecule has 0 atom stereocenters. The van der Waals surface area contributed by atoms with Crippen LogP contribution in [0.15, 0.2) is 18.2 Å². The number of hydrogen-bond acceptors (Lipinski definition) is 3. The summed E-state index contributed by atoms with van der Waals surface area (Å²) in [6.45, 7) is -0.137. The van der Waals surface area contributed by atoms with Gasteiger partial charge in [-0.05, 0) is 18.2 Å². The molecule has 0 N–H and O–H groups in total. The smallest absolute Gasteiger partial charge is 0.343 e. The summed E-state index contributed by atoms with van der Waals surface area (Å²) in [6.07, 6.45) is 0. The van der Waals surface area contributed by atoms with E-state index in [0.717, 1.165) is 5.56 Å². The molecule has 0 saturated heterocycles. The number of halogens is 2. The lowest BCUT2D eigenvalue weighted by molar-refractivity contribution is -0.142. The van der Waals surface area contributed by atoms with Crippen LogP contribution in [-0.4, -0.2) is 19.7 Å². The maximum atomic E-state index is 10.8. The predicted molar refractivity (Wildman–Crippen MR) is 58.5 cm³/mol. The second-order valence-electron chi connectivity index (χ2n) is 2.75. The van der Waals surface area contributed by atoms with E-state index < -0.39 is 5.97 Å². The number of alkyl halides is 1. The van der Waals surface area contributed by atoms with Crippen LogP contribution >= 0.6 is 23.2 Å². The van der Waals surface area contributed by atoms with Crippen LogP contribution in [-0.2, 0) is 15.4 Å². The van der Waals surface area contributed by atoms with E-state index in [9.17, 15) is 4.79 Å². The molecule has 3 nitrogen and oxygen atoms in total. The minimum atomic E-state index is -0.439. The number of esters is 1. The second kappa shape index (κ2) is 5.83. The molecule has 0 radical (unpaired) electrons. The van der Waals surface area contributed by atoms with Gasteiger partial charge in [0.05, 0.1) is 13.0 Å². The highest BCUT2D eigenvalue weighted by molar-refractivity contribution is 6.30. The molecule has 1 aromatic carbocycles. The van der Waals surface area contributed by atoms with Gasteiger partial charge < -0.3 is 9.47 Å². The highest BCUT2D eigenvalue weighted by atomic mass is 35.5. The van der Waals surface area contributed by atoms with Gasteiger partial charge in [-0.2, -0.15) is 0 Å². The lowest BCUT2D eigenvalue weighted by Crippen LogP contribution is -2.13. The predicted octanol–water partition coefficient (Wildman–Crippen LogP) is 2.63. The maximum absolute atomic E-state index is 10.8. The molecule has 0 aliphatic carbocycles. The zero-order valence-corrected chi connectivity index (χ0v) is 9.64. The molecule has 0 amide bonds. The topological polar surface area (TPSA) is 35.5 Å². The quantitative estimate of drug-likeness (QED) is 0.607. The number of ether oxygens (including phenoxy) is 2. The first-order chi connectivity index (χ1) is 7.17.